The standard InChI is InChI=1S/C12H10.CH8OSi2/c1-3-7-11(8-4-1)12-9-5-2-6-10-12;1-4-2-3/h1-10H;4H2,1,3H3. The largest absolute Gasteiger partial charge is 0.468 e. The first kappa shape index (κ1) is 12.9. The van der Waals surface area contributed by atoms with Gasteiger partial charge in [-0.1, -0.05) is 67.2 Å². The van der Waals surface area contributed by atoms with Gasteiger partial charge in [0, 0.05) is 0 Å². The lowest BCUT2D eigenvalue weighted by molar-refractivity contribution is 0.671. The molecule has 0 atom stereocenters. The van der Waals surface area contributed by atoms with Crippen molar-refractivity contribution in [2.45, 2.75) is 6.55 Å². The lowest BCUT2D eigenvalue weighted by Crippen LogP contribution is -1.82. The zero-order valence-corrected chi connectivity index (χ0v) is 13.3. The van der Waals surface area contributed by atoms with Gasteiger partial charge in [0.15, 0.2) is 0 Å². The van der Waals surface area contributed by atoms with Gasteiger partial charge in [-0.3, -0.25) is 0 Å². The lowest BCUT2D eigenvalue weighted by Gasteiger charge is -1.98. The average molecular weight is 246 g/mol. The Labute approximate surface area is 103 Å². The van der Waals surface area contributed by atoms with Gasteiger partial charge in [0.05, 0.1) is 0 Å². The molecule has 84 valence electrons. The van der Waals surface area contributed by atoms with Crippen LogP contribution in [-0.2, 0) is 4.12 Å². The van der Waals surface area contributed by atoms with Crippen molar-refractivity contribution in [2.75, 3.05) is 0 Å². The van der Waals surface area contributed by atoms with Crippen molar-refractivity contribution in [3.05, 3.63) is 60.7 Å². The zero-order chi connectivity index (χ0) is 11.6. The van der Waals surface area contributed by atoms with Crippen molar-refractivity contribution in [2.24, 2.45) is 0 Å². The van der Waals surface area contributed by atoms with E-state index < -0.39 is 0 Å². The van der Waals surface area contributed by atoms with Gasteiger partial charge in [0.1, 0.15) is 20.2 Å². The van der Waals surface area contributed by atoms with Crippen LogP contribution in [0.4, 0.5) is 0 Å². The predicted octanol–water partition coefficient (Wildman–Crippen LogP) is 1.77. The molecule has 0 radical (unpaired) electrons. The summed E-state index contributed by atoms with van der Waals surface area (Å²) in [5, 5.41) is 0. The molecule has 0 fully saturated rings. The third kappa shape index (κ3) is 4.57. The van der Waals surface area contributed by atoms with Crippen molar-refractivity contribution < 1.29 is 4.12 Å². The molecule has 0 aliphatic heterocycles. The van der Waals surface area contributed by atoms with E-state index in [1.165, 1.54) is 11.1 Å². The summed E-state index contributed by atoms with van der Waals surface area (Å²) in [5.41, 5.74) is 2.55. The molecule has 0 saturated heterocycles. The minimum atomic E-state index is -0.0139. The van der Waals surface area contributed by atoms with Gasteiger partial charge in [-0.25, -0.2) is 0 Å². The van der Waals surface area contributed by atoms with Gasteiger partial charge in [-0.05, 0) is 11.1 Å². The molecule has 1 nitrogen and oxygen atoms in total. The second kappa shape index (κ2) is 8.04. The van der Waals surface area contributed by atoms with Crippen LogP contribution < -0.4 is 0 Å². The Bertz CT molecular complexity index is 336. The summed E-state index contributed by atoms with van der Waals surface area (Å²) >= 11 is 0. The first-order valence-electron chi connectivity index (χ1n) is 5.48. The van der Waals surface area contributed by atoms with Gasteiger partial charge in [0.25, 0.3) is 0 Å². The number of hydrogen-bond donors (Lipinski definition) is 0. The maximum atomic E-state index is 4.82. The van der Waals surface area contributed by atoms with Crippen molar-refractivity contribution in [3.63, 3.8) is 0 Å². The quantitative estimate of drug-likeness (QED) is 0.734. The highest BCUT2D eigenvalue weighted by molar-refractivity contribution is 6.32. The van der Waals surface area contributed by atoms with E-state index in [1.807, 2.05) is 12.1 Å². The Hall–Kier alpha value is -1.17. The van der Waals surface area contributed by atoms with Crippen LogP contribution >= 0.6 is 0 Å². The van der Waals surface area contributed by atoms with Crippen LogP contribution in [0.2, 0.25) is 6.55 Å². The van der Waals surface area contributed by atoms with Crippen LogP contribution in [0.25, 0.3) is 11.1 Å². The van der Waals surface area contributed by atoms with Crippen molar-refractivity contribution in [1.82, 2.24) is 0 Å². The number of benzene rings is 2. The summed E-state index contributed by atoms with van der Waals surface area (Å²) in [6.07, 6.45) is 0. The fraction of sp³-hybridized carbons (Fsp3) is 0.0769. The van der Waals surface area contributed by atoms with Crippen LogP contribution in [0.3, 0.4) is 0 Å². The SMILES string of the molecule is C[SiH2]O[SiH3].c1ccc(-c2ccccc2)cc1. The fourth-order valence-electron chi connectivity index (χ4n) is 1.26. The molecule has 0 aromatic heterocycles. The Balaban J connectivity index is 0.000000280. The first-order valence-corrected chi connectivity index (χ1v) is 8.28. The fourth-order valence-corrected chi connectivity index (χ4v) is 1.26. The Morgan fingerprint density at radius 3 is 1.38 bits per heavy atom. The van der Waals surface area contributed by atoms with Gasteiger partial charge in [-0.15, -0.1) is 0 Å². The molecule has 0 unspecified atom stereocenters. The molecule has 0 amide bonds. The van der Waals surface area contributed by atoms with Gasteiger partial charge >= 0.3 is 0 Å². The number of rotatable bonds is 2. The summed E-state index contributed by atoms with van der Waals surface area (Å²) in [5.74, 6) is 0. The van der Waals surface area contributed by atoms with E-state index in [2.05, 4.69) is 55.1 Å². The van der Waals surface area contributed by atoms with Crippen LogP contribution in [0.15, 0.2) is 60.7 Å². The highest BCUT2D eigenvalue weighted by Gasteiger charge is 1.91. The summed E-state index contributed by atoms with van der Waals surface area (Å²) in [4.78, 5) is 0. The topological polar surface area (TPSA) is 9.23 Å². The maximum Gasteiger partial charge on any atom is 0.142 e. The van der Waals surface area contributed by atoms with Gasteiger partial charge < -0.3 is 4.12 Å². The molecule has 0 aliphatic carbocycles. The van der Waals surface area contributed by atoms with E-state index in [-0.39, 0.29) is 9.76 Å². The van der Waals surface area contributed by atoms with E-state index in [9.17, 15) is 0 Å². The molecule has 2 aromatic rings. The van der Waals surface area contributed by atoms with Crippen molar-refractivity contribution >= 4 is 20.2 Å². The highest BCUT2D eigenvalue weighted by atomic mass is 28.3. The van der Waals surface area contributed by atoms with E-state index in [4.69, 9.17) is 4.12 Å². The highest BCUT2D eigenvalue weighted by Crippen LogP contribution is 2.17. The summed E-state index contributed by atoms with van der Waals surface area (Å²) in [6, 6.07) is 20.8. The van der Waals surface area contributed by atoms with E-state index in [0.29, 0.717) is 0 Å². The molecular weight excluding hydrogens is 228 g/mol. The molecule has 0 spiro atoms. The monoisotopic (exact) mass is 246 g/mol. The number of hydrogen-bond acceptors (Lipinski definition) is 1. The third-order valence-electron chi connectivity index (χ3n) is 2.17. The normalized spacial score (nSPS) is 10.1. The third-order valence-corrected chi connectivity index (χ3v) is 4.48. The first-order chi connectivity index (χ1) is 7.88. The molecular formula is C13H18OSi2. The summed E-state index contributed by atoms with van der Waals surface area (Å²) in [7, 11) is 0.938. The molecule has 0 heterocycles. The predicted molar refractivity (Wildman–Crippen MR) is 77.3 cm³/mol. The van der Waals surface area contributed by atoms with E-state index in [1.54, 1.807) is 0 Å². The van der Waals surface area contributed by atoms with E-state index in [0.717, 1.165) is 10.5 Å². The minimum absolute atomic E-state index is 0.0139. The molecule has 0 saturated carbocycles. The second-order valence-corrected chi connectivity index (χ2v) is 6.20. The minimum Gasteiger partial charge on any atom is -0.468 e. The Morgan fingerprint density at radius 1 is 0.812 bits per heavy atom. The molecule has 0 bridgehead atoms. The van der Waals surface area contributed by atoms with Crippen molar-refractivity contribution in [1.29, 1.82) is 0 Å². The molecule has 16 heavy (non-hydrogen) atoms. The van der Waals surface area contributed by atoms with Crippen LogP contribution in [0.5, 0.6) is 0 Å². The second-order valence-electron chi connectivity index (χ2n) is 3.31. The van der Waals surface area contributed by atoms with Crippen LogP contribution in [0.1, 0.15) is 0 Å². The van der Waals surface area contributed by atoms with Crippen LogP contribution in [0, 0.1) is 0 Å². The van der Waals surface area contributed by atoms with Gasteiger partial charge in [-0.2, -0.15) is 0 Å². The molecule has 3 heteroatoms. The maximum absolute atomic E-state index is 4.82. The van der Waals surface area contributed by atoms with E-state index >= 15 is 0 Å². The zero-order valence-electron chi connectivity index (χ0n) is 9.89. The Morgan fingerprint density at radius 2 is 1.12 bits per heavy atom. The smallest absolute Gasteiger partial charge is 0.142 e. The molecule has 2 aromatic carbocycles. The molecule has 0 aliphatic rings. The molecule has 0 N–H and O–H groups in total. The van der Waals surface area contributed by atoms with Crippen molar-refractivity contribution in [3.8, 4) is 11.1 Å². The summed E-state index contributed by atoms with van der Waals surface area (Å²) in [6.45, 7) is 2.13. The average Bonchev–Trinajstić information content (AvgIpc) is 2.41. The Kier molecular flexibility index (Phi) is 6.48. The molecule has 2 rings (SSSR count). The van der Waals surface area contributed by atoms with Crippen LogP contribution in [-0.4, -0.2) is 20.2 Å². The lowest BCUT2D eigenvalue weighted by atomic mass is 10.1. The van der Waals surface area contributed by atoms with Gasteiger partial charge in [0.2, 0.25) is 0 Å². The summed E-state index contributed by atoms with van der Waals surface area (Å²) < 4.78 is 4.82.